The van der Waals surface area contributed by atoms with E-state index in [4.69, 9.17) is 9.47 Å². The minimum atomic E-state index is 0. The highest BCUT2D eigenvalue weighted by Gasteiger charge is 2.22. The number of hydrogen-bond acceptors (Lipinski definition) is 5. The fraction of sp³-hybridized carbons (Fsp3) is 0.571. The number of halogens is 1. The summed E-state index contributed by atoms with van der Waals surface area (Å²) in [5.74, 6) is 2.57. The highest BCUT2D eigenvalue weighted by Crippen LogP contribution is 2.13. The van der Waals surface area contributed by atoms with Crippen LogP contribution >= 0.6 is 24.0 Å². The molecular weight excluding hydrogens is 495 g/mol. The number of methoxy groups -OCH3 is 1. The van der Waals surface area contributed by atoms with Crippen molar-refractivity contribution >= 4 is 29.9 Å². The molecule has 1 unspecified atom stereocenters. The van der Waals surface area contributed by atoms with Crippen LogP contribution in [0.4, 0.5) is 0 Å². The third kappa shape index (κ3) is 7.21. The lowest BCUT2D eigenvalue weighted by atomic mass is 10.1. The average molecular weight is 528 g/mol. The smallest absolute Gasteiger partial charge is 0.191 e. The van der Waals surface area contributed by atoms with Gasteiger partial charge in [-0.05, 0) is 31.4 Å². The largest absolute Gasteiger partial charge is 0.377 e. The van der Waals surface area contributed by atoms with Gasteiger partial charge in [-0.3, -0.25) is 4.99 Å². The van der Waals surface area contributed by atoms with Gasteiger partial charge in [-0.1, -0.05) is 24.3 Å². The number of aliphatic imine (C=N–C) groups is 1. The van der Waals surface area contributed by atoms with Crippen LogP contribution in [0.15, 0.2) is 29.3 Å². The van der Waals surface area contributed by atoms with Gasteiger partial charge in [-0.15, -0.1) is 24.0 Å². The van der Waals surface area contributed by atoms with Crippen LogP contribution in [0.5, 0.6) is 0 Å². The second-order valence-electron chi connectivity index (χ2n) is 7.54. The molecule has 1 aromatic heterocycles. The molecule has 0 amide bonds. The predicted octanol–water partition coefficient (Wildman–Crippen LogP) is 2.65. The number of rotatable bonds is 8. The van der Waals surface area contributed by atoms with Crippen molar-refractivity contribution in [2.24, 2.45) is 4.99 Å². The zero-order valence-electron chi connectivity index (χ0n) is 18.2. The van der Waals surface area contributed by atoms with Crippen LogP contribution in [0.1, 0.15) is 43.0 Å². The van der Waals surface area contributed by atoms with Crippen molar-refractivity contribution in [1.82, 2.24) is 25.4 Å². The molecule has 1 aromatic carbocycles. The summed E-state index contributed by atoms with van der Waals surface area (Å²) < 4.78 is 12.7. The Balaban J connectivity index is 0.00000320. The van der Waals surface area contributed by atoms with E-state index in [1.807, 2.05) is 18.5 Å². The van der Waals surface area contributed by atoms with Crippen molar-refractivity contribution in [3.05, 3.63) is 47.0 Å². The lowest BCUT2D eigenvalue weighted by Gasteiger charge is -2.25. The Labute approximate surface area is 195 Å². The third-order valence-electron chi connectivity index (χ3n) is 4.81. The lowest BCUT2D eigenvalue weighted by Crippen LogP contribution is -2.46. The first-order valence-corrected chi connectivity index (χ1v) is 10.2. The summed E-state index contributed by atoms with van der Waals surface area (Å²) >= 11 is 0. The summed E-state index contributed by atoms with van der Waals surface area (Å²) in [5.41, 5.74) is 2.39. The molecule has 0 spiro atoms. The summed E-state index contributed by atoms with van der Waals surface area (Å²) in [4.78, 5) is 8.89. The Bertz CT molecular complexity index is 806. The molecule has 0 fully saturated rings. The van der Waals surface area contributed by atoms with Gasteiger partial charge in [0.1, 0.15) is 12.4 Å². The number of aryl methyl sites for hydroxylation is 1. The molecular formula is C21H33IN6O2. The molecule has 0 aliphatic carbocycles. The van der Waals surface area contributed by atoms with Gasteiger partial charge >= 0.3 is 0 Å². The molecule has 0 saturated heterocycles. The van der Waals surface area contributed by atoms with Crippen LogP contribution < -0.4 is 10.6 Å². The van der Waals surface area contributed by atoms with Gasteiger partial charge in [0, 0.05) is 33.2 Å². The third-order valence-corrected chi connectivity index (χ3v) is 4.81. The Kier molecular flexibility index (Phi) is 9.99. The molecule has 0 radical (unpaired) electrons. The van der Waals surface area contributed by atoms with E-state index in [2.05, 4.69) is 50.0 Å². The van der Waals surface area contributed by atoms with Crippen LogP contribution in [0.3, 0.4) is 0 Å². The molecule has 2 heterocycles. The van der Waals surface area contributed by atoms with Crippen LogP contribution in [0.25, 0.3) is 0 Å². The molecule has 0 saturated carbocycles. The van der Waals surface area contributed by atoms with Crippen molar-refractivity contribution in [2.75, 3.05) is 14.2 Å². The van der Waals surface area contributed by atoms with Crippen LogP contribution in [0, 0.1) is 0 Å². The van der Waals surface area contributed by atoms with Crippen LogP contribution in [0.2, 0.25) is 0 Å². The minimum absolute atomic E-state index is 0. The summed E-state index contributed by atoms with van der Waals surface area (Å²) in [5, 5.41) is 11.4. The van der Waals surface area contributed by atoms with Crippen molar-refractivity contribution < 1.29 is 9.47 Å². The minimum Gasteiger partial charge on any atom is -0.377 e. The van der Waals surface area contributed by atoms with E-state index in [1.165, 1.54) is 11.1 Å². The zero-order valence-corrected chi connectivity index (χ0v) is 20.6. The van der Waals surface area contributed by atoms with Gasteiger partial charge < -0.3 is 20.1 Å². The Hall–Kier alpha value is -1.72. The standard InChI is InChI=1S/C21H32N6O2.HI/c1-15(2)29-13-17-7-5-16(6-8-17)11-23-21(22-3)24-18-9-10-20-25-19(14-28-4)26-27(20)12-18;/h5-8,15,18H,9-14H2,1-4H3,(H2,22,23,24);1H. The van der Waals surface area contributed by atoms with E-state index in [0.717, 1.165) is 37.0 Å². The fourth-order valence-electron chi connectivity index (χ4n) is 3.26. The molecule has 1 atom stereocenters. The van der Waals surface area contributed by atoms with E-state index in [9.17, 15) is 0 Å². The number of aromatic nitrogens is 3. The van der Waals surface area contributed by atoms with Gasteiger partial charge in [0.05, 0.1) is 19.3 Å². The molecule has 166 valence electrons. The van der Waals surface area contributed by atoms with Crippen LogP contribution in [-0.2, 0) is 42.2 Å². The zero-order chi connectivity index (χ0) is 20.6. The van der Waals surface area contributed by atoms with Crippen molar-refractivity contribution in [3.8, 4) is 0 Å². The first kappa shape index (κ1) is 24.5. The maximum atomic E-state index is 5.64. The predicted molar refractivity (Wildman–Crippen MR) is 128 cm³/mol. The second kappa shape index (κ2) is 12.2. The highest BCUT2D eigenvalue weighted by atomic mass is 127. The van der Waals surface area contributed by atoms with Gasteiger partial charge in [-0.25, -0.2) is 9.67 Å². The molecule has 1 aliphatic rings. The number of hydrogen-bond donors (Lipinski definition) is 2. The summed E-state index contributed by atoms with van der Waals surface area (Å²) in [6.07, 6.45) is 2.13. The summed E-state index contributed by atoms with van der Waals surface area (Å²) in [7, 11) is 3.45. The van der Waals surface area contributed by atoms with Crippen LogP contribution in [-0.4, -0.2) is 47.0 Å². The van der Waals surface area contributed by atoms with Gasteiger partial charge in [0.2, 0.25) is 0 Å². The summed E-state index contributed by atoms with van der Waals surface area (Å²) in [6.45, 7) is 6.68. The number of ether oxygens (including phenoxy) is 2. The summed E-state index contributed by atoms with van der Waals surface area (Å²) in [6, 6.07) is 8.74. The Morgan fingerprint density at radius 3 is 2.63 bits per heavy atom. The molecule has 8 nitrogen and oxygen atoms in total. The quantitative estimate of drug-likeness (QED) is 0.312. The normalized spacial score (nSPS) is 16.2. The highest BCUT2D eigenvalue weighted by molar-refractivity contribution is 14.0. The second-order valence-corrected chi connectivity index (χ2v) is 7.54. The number of fused-ring (bicyclic) bond motifs is 1. The average Bonchev–Trinajstić information content (AvgIpc) is 3.12. The molecule has 1 aliphatic heterocycles. The van der Waals surface area contributed by atoms with Crippen molar-refractivity contribution in [1.29, 1.82) is 0 Å². The maximum absolute atomic E-state index is 5.64. The topological polar surface area (TPSA) is 85.6 Å². The lowest BCUT2D eigenvalue weighted by molar-refractivity contribution is 0.0657. The van der Waals surface area contributed by atoms with Gasteiger partial charge in [0.25, 0.3) is 0 Å². The monoisotopic (exact) mass is 528 g/mol. The molecule has 0 bridgehead atoms. The Morgan fingerprint density at radius 1 is 1.23 bits per heavy atom. The SMILES string of the molecule is CN=C(NCc1ccc(COC(C)C)cc1)NC1CCc2nc(COC)nn2C1.I. The molecule has 2 aromatic rings. The van der Waals surface area contributed by atoms with Gasteiger partial charge in [-0.2, -0.15) is 5.10 Å². The van der Waals surface area contributed by atoms with E-state index in [0.29, 0.717) is 19.8 Å². The number of benzene rings is 1. The van der Waals surface area contributed by atoms with Gasteiger partial charge in [0.15, 0.2) is 11.8 Å². The maximum Gasteiger partial charge on any atom is 0.191 e. The fourth-order valence-corrected chi connectivity index (χ4v) is 3.26. The van der Waals surface area contributed by atoms with Crippen molar-refractivity contribution in [3.63, 3.8) is 0 Å². The first-order chi connectivity index (χ1) is 14.1. The molecule has 9 heteroatoms. The number of nitrogens with zero attached hydrogens (tertiary/aromatic N) is 4. The Morgan fingerprint density at radius 2 is 1.97 bits per heavy atom. The molecule has 30 heavy (non-hydrogen) atoms. The van der Waals surface area contributed by atoms with E-state index >= 15 is 0 Å². The number of nitrogens with one attached hydrogen (secondary N) is 2. The van der Waals surface area contributed by atoms with E-state index < -0.39 is 0 Å². The first-order valence-electron chi connectivity index (χ1n) is 10.2. The molecule has 2 N–H and O–H groups in total. The number of guanidine groups is 1. The van der Waals surface area contributed by atoms with E-state index in [-0.39, 0.29) is 36.1 Å². The van der Waals surface area contributed by atoms with Crippen molar-refractivity contribution in [2.45, 2.75) is 65.1 Å². The van der Waals surface area contributed by atoms with E-state index in [1.54, 1.807) is 14.2 Å². The molecule has 3 rings (SSSR count).